The second-order valence-corrected chi connectivity index (χ2v) is 5.17. The molecule has 0 rings (SSSR count). The fraction of sp³-hybridized carbons (Fsp3) is 1.00. The van der Waals surface area contributed by atoms with Crippen molar-refractivity contribution in [2.24, 2.45) is 0 Å². The Balaban J connectivity index is 3.08. The van der Waals surface area contributed by atoms with Crippen molar-refractivity contribution in [1.29, 1.82) is 0 Å². The van der Waals surface area contributed by atoms with Crippen molar-refractivity contribution in [2.75, 3.05) is 33.2 Å². The molecule has 1 N–H and O–H groups in total. The maximum atomic E-state index is 3.54. The highest BCUT2D eigenvalue weighted by atomic mass is 15.1. The van der Waals surface area contributed by atoms with E-state index in [0.717, 1.165) is 6.54 Å². The van der Waals surface area contributed by atoms with Crippen LogP contribution in [0.25, 0.3) is 0 Å². The average Bonchev–Trinajstić information content (AvgIpc) is 2.33. The van der Waals surface area contributed by atoms with Gasteiger partial charge in [-0.3, -0.25) is 0 Å². The molecule has 0 saturated heterocycles. The van der Waals surface area contributed by atoms with Gasteiger partial charge in [0.25, 0.3) is 0 Å². The van der Waals surface area contributed by atoms with Gasteiger partial charge < -0.3 is 10.2 Å². The highest BCUT2D eigenvalue weighted by Crippen LogP contribution is 2.00. The van der Waals surface area contributed by atoms with E-state index in [0.29, 0.717) is 0 Å². The summed E-state index contributed by atoms with van der Waals surface area (Å²) in [5, 5.41) is 3.54. The van der Waals surface area contributed by atoms with Crippen molar-refractivity contribution in [3.05, 3.63) is 0 Å². The first kappa shape index (κ1) is 16.9. The Hall–Kier alpha value is -0.0800. The highest BCUT2D eigenvalue weighted by molar-refractivity contribution is 4.56. The molecule has 0 atom stereocenters. The number of rotatable bonds is 13. The number of nitrogens with one attached hydrogen (secondary N) is 1. The fourth-order valence-corrected chi connectivity index (χ4v) is 1.99. The average molecular weight is 242 g/mol. The molecular formula is C15H34N2. The Labute approximate surface area is 109 Å². The molecule has 0 aliphatic rings. The number of hydrogen-bond donors (Lipinski definition) is 1. The number of hydrogen-bond acceptors (Lipinski definition) is 2. The summed E-state index contributed by atoms with van der Waals surface area (Å²) in [6.07, 6.45) is 10.9. The third-order valence-corrected chi connectivity index (χ3v) is 3.27. The van der Waals surface area contributed by atoms with Crippen molar-refractivity contribution in [1.82, 2.24) is 10.2 Å². The van der Waals surface area contributed by atoms with Crippen molar-refractivity contribution in [2.45, 2.75) is 65.2 Å². The van der Waals surface area contributed by atoms with Crippen molar-refractivity contribution >= 4 is 0 Å². The molecule has 0 spiro atoms. The van der Waals surface area contributed by atoms with E-state index >= 15 is 0 Å². The minimum Gasteiger partial charge on any atom is -0.315 e. The zero-order valence-electron chi connectivity index (χ0n) is 12.4. The summed E-state index contributed by atoms with van der Waals surface area (Å²) in [6, 6.07) is 0. The molecule has 0 aromatic carbocycles. The Morgan fingerprint density at radius 1 is 0.706 bits per heavy atom. The van der Waals surface area contributed by atoms with Gasteiger partial charge in [-0.1, -0.05) is 52.4 Å². The monoisotopic (exact) mass is 242 g/mol. The van der Waals surface area contributed by atoms with Crippen molar-refractivity contribution in [3.63, 3.8) is 0 Å². The van der Waals surface area contributed by atoms with Gasteiger partial charge in [0.2, 0.25) is 0 Å². The molecule has 0 aliphatic heterocycles. The highest BCUT2D eigenvalue weighted by Gasteiger charge is 1.97. The molecule has 2 heteroatoms. The first-order chi connectivity index (χ1) is 8.31. The van der Waals surface area contributed by atoms with Crippen LogP contribution in [0, 0.1) is 0 Å². The molecule has 2 nitrogen and oxygen atoms in total. The number of nitrogens with zero attached hydrogens (tertiary/aromatic N) is 1. The van der Waals surface area contributed by atoms with Gasteiger partial charge in [-0.15, -0.1) is 0 Å². The molecule has 104 valence electrons. The standard InChI is InChI=1S/C15H34N2/c1-4-6-8-10-12-16-13-15-17(3)14-11-9-7-5-2/h16H,4-15H2,1-3H3. The summed E-state index contributed by atoms with van der Waals surface area (Å²) in [5.74, 6) is 0. The lowest BCUT2D eigenvalue weighted by molar-refractivity contribution is 0.322. The van der Waals surface area contributed by atoms with Crippen LogP contribution < -0.4 is 5.32 Å². The number of unbranched alkanes of at least 4 members (excludes halogenated alkanes) is 6. The van der Waals surface area contributed by atoms with Crippen LogP contribution in [0.3, 0.4) is 0 Å². The Morgan fingerprint density at radius 2 is 1.35 bits per heavy atom. The van der Waals surface area contributed by atoms with E-state index in [1.807, 2.05) is 0 Å². The Bertz CT molecular complexity index is 137. The SMILES string of the molecule is CCCCCCNCCN(C)CCCCCC. The summed E-state index contributed by atoms with van der Waals surface area (Å²) in [7, 11) is 2.24. The molecule has 0 aromatic heterocycles. The molecule has 0 radical (unpaired) electrons. The summed E-state index contributed by atoms with van der Waals surface area (Å²) >= 11 is 0. The predicted molar refractivity (Wildman–Crippen MR) is 78.7 cm³/mol. The van der Waals surface area contributed by atoms with Gasteiger partial charge in [0.05, 0.1) is 0 Å². The summed E-state index contributed by atoms with van der Waals surface area (Å²) in [4.78, 5) is 2.45. The largest absolute Gasteiger partial charge is 0.315 e. The predicted octanol–water partition coefficient (Wildman–Crippen LogP) is 3.67. The van der Waals surface area contributed by atoms with E-state index in [2.05, 4.69) is 31.1 Å². The lowest BCUT2D eigenvalue weighted by atomic mass is 10.2. The molecule has 0 saturated carbocycles. The number of likely N-dealkylation sites (N-methyl/N-ethyl adjacent to an activating group) is 1. The molecule has 17 heavy (non-hydrogen) atoms. The fourth-order valence-electron chi connectivity index (χ4n) is 1.99. The molecular weight excluding hydrogens is 208 g/mol. The van der Waals surface area contributed by atoms with Crippen molar-refractivity contribution in [3.8, 4) is 0 Å². The van der Waals surface area contributed by atoms with Crippen LogP contribution in [-0.2, 0) is 0 Å². The molecule has 0 amide bonds. The molecule has 0 aliphatic carbocycles. The van der Waals surface area contributed by atoms with Gasteiger partial charge >= 0.3 is 0 Å². The topological polar surface area (TPSA) is 15.3 Å². The smallest absolute Gasteiger partial charge is 0.0104 e. The van der Waals surface area contributed by atoms with Crippen LogP contribution in [0.15, 0.2) is 0 Å². The molecule has 0 heterocycles. The van der Waals surface area contributed by atoms with Gasteiger partial charge in [0.15, 0.2) is 0 Å². The second-order valence-electron chi connectivity index (χ2n) is 5.17. The zero-order valence-corrected chi connectivity index (χ0v) is 12.4. The van der Waals surface area contributed by atoms with Crippen LogP contribution in [0.1, 0.15) is 65.2 Å². The third-order valence-electron chi connectivity index (χ3n) is 3.27. The van der Waals surface area contributed by atoms with E-state index < -0.39 is 0 Å². The third kappa shape index (κ3) is 13.9. The van der Waals surface area contributed by atoms with E-state index in [4.69, 9.17) is 0 Å². The van der Waals surface area contributed by atoms with Gasteiger partial charge in [0.1, 0.15) is 0 Å². The van der Waals surface area contributed by atoms with Crippen LogP contribution in [0.4, 0.5) is 0 Å². The minimum absolute atomic E-state index is 1.15. The van der Waals surface area contributed by atoms with Crippen LogP contribution in [-0.4, -0.2) is 38.1 Å². The van der Waals surface area contributed by atoms with E-state index in [1.54, 1.807) is 0 Å². The first-order valence-electron chi connectivity index (χ1n) is 7.70. The van der Waals surface area contributed by atoms with Gasteiger partial charge in [0, 0.05) is 13.1 Å². The normalized spacial score (nSPS) is 11.3. The lowest BCUT2D eigenvalue weighted by Crippen LogP contribution is -2.30. The van der Waals surface area contributed by atoms with Crippen LogP contribution in [0.5, 0.6) is 0 Å². The van der Waals surface area contributed by atoms with Gasteiger partial charge in [-0.05, 0) is 33.0 Å². The maximum absolute atomic E-state index is 3.54. The van der Waals surface area contributed by atoms with E-state index in [9.17, 15) is 0 Å². The van der Waals surface area contributed by atoms with Gasteiger partial charge in [-0.25, -0.2) is 0 Å². The maximum Gasteiger partial charge on any atom is 0.0104 e. The van der Waals surface area contributed by atoms with Gasteiger partial charge in [-0.2, -0.15) is 0 Å². The molecule has 0 bridgehead atoms. The van der Waals surface area contributed by atoms with E-state index in [1.165, 1.54) is 71.0 Å². The zero-order chi connectivity index (χ0) is 12.8. The molecule has 0 aromatic rings. The lowest BCUT2D eigenvalue weighted by Gasteiger charge is -2.16. The molecule has 0 fully saturated rings. The first-order valence-corrected chi connectivity index (χ1v) is 7.70. The molecule has 0 unspecified atom stereocenters. The Morgan fingerprint density at radius 3 is 2.00 bits per heavy atom. The van der Waals surface area contributed by atoms with Crippen LogP contribution in [0.2, 0.25) is 0 Å². The van der Waals surface area contributed by atoms with Crippen LogP contribution >= 0.6 is 0 Å². The summed E-state index contributed by atoms with van der Waals surface area (Å²) in [5.41, 5.74) is 0. The summed E-state index contributed by atoms with van der Waals surface area (Å²) in [6.45, 7) is 9.34. The van der Waals surface area contributed by atoms with E-state index in [-0.39, 0.29) is 0 Å². The quantitative estimate of drug-likeness (QED) is 0.496. The minimum atomic E-state index is 1.15. The second kappa shape index (κ2) is 14.0. The summed E-state index contributed by atoms with van der Waals surface area (Å²) < 4.78 is 0. The Kier molecular flexibility index (Phi) is 13.9. The van der Waals surface area contributed by atoms with Crippen molar-refractivity contribution < 1.29 is 0 Å².